The summed E-state index contributed by atoms with van der Waals surface area (Å²) < 4.78 is 7.39. The lowest BCUT2D eigenvalue weighted by atomic mass is 9.91. The van der Waals surface area contributed by atoms with E-state index in [2.05, 4.69) is 44.6 Å². The van der Waals surface area contributed by atoms with Crippen molar-refractivity contribution in [3.8, 4) is 11.9 Å². The van der Waals surface area contributed by atoms with Crippen molar-refractivity contribution < 1.29 is 9.53 Å². The molecule has 0 spiro atoms. The van der Waals surface area contributed by atoms with E-state index in [4.69, 9.17) is 9.72 Å². The van der Waals surface area contributed by atoms with Crippen molar-refractivity contribution in [2.24, 2.45) is 0 Å². The molecule has 2 fully saturated rings. The summed E-state index contributed by atoms with van der Waals surface area (Å²) in [6.45, 7) is 6.46. The first-order valence-electron chi connectivity index (χ1n) is 12.6. The Kier molecular flexibility index (Phi) is 6.98. The van der Waals surface area contributed by atoms with Crippen molar-refractivity contribution in [2.75, 3.05) is 30.4 Å². The van der Waals surface area contributed by atoms with Gasteiger partial charge in [-0.15, -0.1) is 0 Å². The third-order valence-corrected chi connectivity index (χ3v) is 7.08. The zero-order chi connectivity index (χ0) is 26.9. The smallest absolute Gasteiger partial charge is 0.256 e. The minimum absolute atomic E-state index is 0.0301. The predicted molar refractivity (Wildman–Crippen MR) is 141 cm³/mol. The van der Waals surface area contributed by atoms with Gasteiger partial charge < -0.3 is 20.3 Å². The highest BCUT2D eigenvalue weighted by Crippen LogP contribution is 2.34. The van der Waals surface area contributed by atoms with Gasteiger partial charge in [-0.05, 0) is 56.5 Å². The lowest BCUT2D eigenvalue weighted by Gasteiger charge is -2.48. The van der Waals surface area contributed by atoms with Crippen LogP contribution in [0.2, 0.25) is 0 Å². The standard InChI is InChI=1S/C26H32N10O2/c1-16-10-21(31-22-11-17(2)33-34-22)32-24(20(16)12-27)35-14-26(15-35,38-4)25(37)30-18(3)19-6-7-23(28-13-19)36-9-5-8-29-36/h5-10,13,17-18,22,33-34H,11,14-15H2,1-4H3,(H,30,37)(H,31,32)/t17?,18-,22?/m0/s1. The molecule has 1 amide bonds. The van der Waals surface area contributed by atoms with E-state index in [1.165, 1.54) is 7.11 Å². The molecule has 12 nitrogen and oxygen atoms in total. The maximum absolute atomic E-state index is 13.3. The number of hydrazine groups is 1. The molecule has 5 heterocycles. The van der Waals surface area contributed by atoms with E-state index in [-0.39, 0.29) is 31.2 Å². The maximum Gasteiger partial charge on any atom is 0.256 e. The fourth-order valence-corrected chi connectivity index (χ4v) is 4.78. The molecule has 38 heavy (non-hydrogen) atoms. The normalized spacial score (nSPS) is 20.9. The van der Waals surface area contributed by atoms with E-state index >= 15 is 0 Å². The number of carbonyl (C=O) groups is 1. The Morgan fingerprint density at radius 3 is 2.76 bits per heavy atom. The van der Waals surface area contributed by atoms with Crippen molar-refractivity contribution in [3.63, 3.8) is 0 Å². The summed E-state index contributed by atoms with van der Waals surface area (Å²) >= 11 is 0. The molecule has 3 aromatic rings. The average Bonchev–Trinajstić information content (AvgIpc) is 3.56. The predicted octanol–water partition coefficient (Wildman–Crippen LogP) is 1.55. The number of carbonyl (C=O) groups excluding carboxylic acids is 1. The van der Waals surface area contributed by atoms with Gasteiger partial charge in [-0.3, -0.25) is 10.2 Å². The summed E-state index contributed by atoms with van der Waals surface area (Å²) in [5.74, 6) is 1.69. The van der Waals surface area contributed by atoms with Gasteiger partial charge in [0.1, 0.15) is 17.7 Å². The number of aryl methyl sites for hydroxylation is 1. The van der Waals surface area contributed by atoms with E-state index in [1.807, 2.05) is 49.2 Å². The molecule has 2 unspecified atom stereocenters. The molecule has 198 valence electrons. The summed E-state index contributed by atoms with van der Waals surface area (Å²) in [7, 11) is 1.53. The third-order valence-electron chi connectivity index (χ3n) is 7.08. The highest BCUT2D eigenvalue weighted by molar-refractivity contribution is 5.89. The Morgan fingerprint density at radius 1 is 1.34 bits per heavy atom. The second kappa shape index (κ2) is 10.4. The number of methoxy groups -OCH3 is 1. The van der Waals surface area contributed by atoms with Crippen LogP contribution in [0.3, 0.4) is 0 Å². The number of nitrogens with zero attached hydrogens (tertiary/aromatic N) is 6. The minimum Gasteiger partial charge on any atom is -0.365 e. The molecule has 4 N–H and O–H groups in total. The molecule has 0 saturated carbocycles. The van der Waals surface area contributed by atoms with Gasteiger partial charge >= 0.3 is 0 Å². The van der Waals surface area contributed by atoms with Crippen LogP contribution in [0, 0.1) is 18.3 Å². The van der Waals surface area contributed by atoms with Gasteiger partial charge in [0.2, 0.25) is 0 Å². The zero-order valence-electron chi connectivity index (χ0n) is 21.9. The first-order valence-corrected chi connectivity index (χ1v) is 12.6. The monoisotopic (exact) mass is 516 g/mol. The lowest BCUT2D eigenvalue weighted by Crippen LogP contribution is -2.70. The topological polar surface area (TPSA) is 145 Å². The Morgan fingerprint density at radius 2 is 2.16 bits per heavy atom. The summed E-state index contributed by atoms with van der Waals surface area (Å²) in [4.78, 5) is 24.4. The number of hydrogen-bond acceptors (Lipinski definition) is 10. The van der Waals surface area contributed by atoms with E-state index in [0.29, 0.717) is 29.1 Å². The summed E-state index contributed by atoms with van der Waals surface area (Å²) in [6.07, 6.45) is 6.17. The number of pyridine rings is 2. The zero-order valence-corrected chi connectivity index (χ0v) is 21.9. The van der Waals surface area contributed by atoms with Gasteiger partial charge in [0, 0.05) is 31.7 Å². The first kappa shape index (κ1) is 25.6. The number of rotatable bonds is 8. The Balaban J connectivity index is 1.26. The molecule has 3 atom stereocenters. The van der Waals surface area contributed by atoms with Crippen molar-refractivity contribution in [1.82, 2.24) is 35.9 Å². The molecule has 2 aliphatic heterocycles. The second-order valence-electron chi connectivity index (χ2n) is 9.91. The van der Waals surface area contributed by atoms with E-state index < -0.39 is 5.60 Å². The van der Waals surface area contributed by atoms with Gasteiger partial charge in [-0.1, -0.05) is 6.07 Å². The molecule has 3 aromatic heterocycles. The summed E-state index contributed by atoms with van der Waals surface area (Å²) in [5, 5.41) is 20.4. The van der Waals surface area contributed by atoms with Crippen LogP contribution in [0.5, 0.6) is 0 Å². The number of hydrogen-bond donors (Lipinski definition) is 4. The minimum atomic E-state index is -1.05. The van der Waals surface area contributed by atoms with Gasteiger partial charge in [0.25, 0.3) is 5.91 Å². The number of aromatic nitrogens is 4. The Bertz CT molecular complexity index is 1330. The highest BCUT2D eigenvalue weighted by atomic mass is 16.5. The van der Waals surface area contributed by atoms with Gasteiger partial charge in [-0.25, -0.2) is 20.1 Å². The van der Waals surface area contributed by atoms with Crippen LogP contribution in [0.25, 0.3) is 5.82 Å². The molecule has 0 aliphatic carbocycles. The summed E-state index contributed by atoms with van der Waals surface area (Å²) in [5.41, 5.74) is 7.50. The number of nitriles is 1. The van der Waals surface area contributed by atoms with Crippen LogP contribution in [-0.2, 0) is 9.53 Å². The molecule has 2 aliphatic rings. The van der Waals surface area contributed by atoms with Crippen LogP contribution in [0.1, 0.15) is 43.0 Å². The quantitative estimate of drug-likeness (QED) is 0.348. The van der Waals surface area contributed by atoms with Gasteiger partial charge in [-0.2, -0.15) is 10.4 Å². The first-order chi connectivity index (χ1) is 18.3. The number of nitrogens with one attached hydrogen (secondary N) is 4. The van der Waals surface area contributed by atoms with E-state index in [9.17, 15) is 10.1 Å². The highest BCUT2D eigenvalue weighted by Gasteiger charge is 2.51. The fourth-order valence-electron chi connectivity index (χ4n) is 4.78. The van der Waals surface area contributed by atoms with Crippen LogP contribution in [0.15, 0.2) is 42.9 Å². The largest absolute Gasteiger partial charge is 0.365 e. The van der Waals surface area contributed by atoms with Crippen molar-refractivity contribution >= 4 is 17.5 Å². The van der Waals surface area contributed by atoms with E-state index in [0.717, 1.165) is 17.5 Å². The fraction of sp³-hybridized carbons (Fsp3) is 0.423. The average molecular weight is 517 g/mol. The maximum atomic E-state index is 13.3. The van der Waals surface area contributed by atoms with Crippen molar-refractivity contribution in [1.29, 1.82) is 5.26 Å². The third kappa shape index (κ3) is 4.91. The van der Waals surface area contributed by atoms with Crippen LogP contribution in [0.4, 0.5) is 11.6 Å². The second-order valence-corrected chi connectivity index (χ2v) is 9.91. The van der Waals surface area contributed by atoms with Gasteiger partial charge in [0.05, 0.1) is 30.9 Å². The number of amides is 1. The SMILES string of the molecule is COC1(C(=O)N[C@@H](C)c2ccc(-n3cccn3)nc2)CN(c2nc(NC3CC(C)NN3)cc(C)c2C#N)C1. The van der Waals surface area contributed by atoms with Gasteiger partial charge in [0.15, 0.2) is 11.4 Å². The number of anilines is 2. The van der Waals surface area contributed by atoms with Crippen LogP contribution in [-0.4, -0.2) is 63.7 Å². The molecule has 0 aromatic carbocycles. The Hall–Kier alpha value is -4.05. The number of ether oxygens (including phenoxy) is 1. The molecule has 0 bridgehead atoms. The van der Waals surface area contributed by atoms with Crippen molar-refractivity contribution in [3.05, 3.63) is 59.5 Å². The van der Waals surface area contributed by atoms with Crippen LogP contribution < -0.4 is 26.4 Å². The molecule has 0 radical (unpaired) electrons. The molecule has 12 heteroatoms. The van der Waals surface area contributed by atoms with E-state index in [1.54, 1.807) is 17.1 Å². The van der Waals surface area contributed by atoms with Crippen LogP contribution >= 0.6 is 0 Å². The molecular weight excluding hydrogens is 484 g/mol. The molecule has 2 saturated heterocycles. The summed E-state index contributed by atoms with van der Waals surface area (Å²) in [6, 6.07) is 9.82. The Labute approximate surface area is 221 Å². The van der Waals surface area contributed by atoms with Crippen molar-refractivity contribution in [2.45, 2.75) is 51.0 Å². The molecule has 5 rings (SSSR count). The lowest BCUT2D eigenvalue weighted by molar-refractivity contribution is -0.147. The molecular formula is C26H32N10O2.